The van der Waals surface area contributed by atoms with Gasteiger partial charge in [-0.05, 0) is 61.9 Å². The van der Waals surface area contributed by atoms with E-state index < -0.39 is 10.0 Å². The van der Waals surface area contributed by atoms with Crippen LogP contribution in [0, 0.1) is 13.8 Å². The minimum atomic E-state index is -3.74. The zero-order chi connectivity index (χ0) is 19.9. The third-order valence-electron chi connectivity index (χ3n) is 4.69. The molecule has 0 radical (unpaired) electrons. The third-order valence-corrected chi connectivity index (χ3v) is 6.96. The van der Waals surface area contributed by atoms with Crippen LogP contribution < -0.4 is 0 Å². The van der Waals surface area contributed by atoms with Crippen LogP contribution >= 0.6 is 15.9 Å². The highest BCUT2D eigenvalue weighted by Crippen LogP contribution is 2.29. The molecule has 0 bridgehead atoms. The molecule has 28 heavy (non-hydrogen) atoms. The molecule has 0 spiro atoms. The Morgan fingerprint density at radius 1 is 0.929 bits per heavy atom. The summed E-state index contributed by atoms with van der Waals surface area (Å²) in [4.78, 5) is 4.73. The predicted octanol–water partition coefficient (Wildman–Crippen LogP) is 5.24. The van der Waals surface area contributed by atoms with E-state index in [0.717, 1.165) is 26.7 Å². The lowest BCUT2D eigenvalue weighted by molar-refractivity contribution is 0.587. The van der Waals surface area contributed by atoms with Crippen LogP contribution in [0.25, 0.3) is 10.9 Å². The lowest BCUT2D eigenvalue weighted by atomic mass is 10.2. The average Bonchev–Trinajstić information content (AvgIpc) is 3.01. The maximum atomic E-state index is 13.5. The van der Waals surface area contributed by atoms with E-state index in [1.807, 2.05) is 62.4 Å². The molecule has 4 aromatic rings. The number of pyridine rings is 1. The minimum absolute atomic E-state index is 0.275. The number of hydrogen-bond acceptors (Lipinski definition) is 3. The van der Waals surface area contributed by atoms with Crippen LogP contribution in [-0.4, -0.2) is 17.4 Å². The van der Waals surface area contributed by atoms with Crippen LogP contribution in [0.15, 0.2) is 76.2 Å². The van der Waals surface area contributed by atoms with E-state index in [4.69, 9.17) is 0 Å². The van der Waals surface area contributed by atoms with E-state index in [1.54, 1.807) is 18.3 Å². The number of hydrogen-bond donors (Lipinski definition) is 0. The number of nitrogens with zero attached hydrogens (tertiary/aromatic N) is 2. The Labute approximate surface area is 173 Å². The monoisotopic (exact) mass is 454 g/mol. The van der Waals surface area contributed by atoms with Crippen LogP contribution in [0.3, 0.4) is 0 Å². The second-order valence-electron chi connectivity index (χ2n) is 6.92. The number of aryl methyl sites for hydroxylation is 2. The zero-order valence-electron chi connectivity index (χ0n) is 15.6. The van der Waals surface area contributed by atoms with Crippen molar-refractivity contribution in [2.24, 2.45) is 0 Å². The molecular formula is C22H19BrN2O2S. The number of aromatic nitrogens is 2. The molecule has 0 saturated heterocycles. The van der Waals surface area contributed by atoms with Gasteiger partial charge in [-0.1, -0.05) is 39.7 Å². The average molecular weight is 455 g/mol. The summed E-state index contributed by atoms with van der Waals surface area (Å²) in [5.41, 5.74) is 4.26. The first-order valence-corrected chi connectivity index (χ1v) is 11.1. The Bertz CT molecular complexity index is 1260. The molecule has 0 saturated carbocycles. The van der Waals surface area contributed by atoms with Crippen molar-refractivity contribution in [3.63, 3.8) is 0 Å². The molecule has 0 aliphatic carbocycles. The Kier molecular flexibility index (Phi) is 4.85. The van der Waals surface area contributed by atoms with Gasteiger partial charge in [-0.3, -0.25) is 4.98 Å². The number of benzene rings is 2. The Hall–Kier alpha value is -2.44. The molecule has 0 atom stereocenters. The van der Waals surface area contributed by atoms with Gasteiger partial charge in [0.25, 0.3) is 10.0 Å². The summed E-state index contributed by atoms with van der Waals surface area (Å²) in [6, 6.07) is 18.4. The highest BCUT2D eigenvalue weighted by Gasteiger charge is 2.23. The van der Waals surface area contributed by atoms with Crippen molar-refractivity contribution in [3.05, 3.63) is 93.8 Å². The van der Waals surface area contributed by atoms with Crippen molar-refractivity contribution < 1.29 is 8.42 Å². The summed E-state index contributed by atoms with van der Waals surface area (Å²) in [7, 11) is -3.74. The highest BCUT2D eigenvalue weighted by molar-refractivity contribution is 9.10. The molecule has 142 valence electrons. The fraction of sp³-hybridized carbons (Fsp3) is 0.136. The molecule has 0 amide bonds. The zero-order valence-corrected chi connectivity index (χ0v) is 18.0. The van der Waals surface area contributed by atoms with Crippen molar-refractivity contribution in [3.8, 4) is 0 Å². The molecule has 0 aliphatic heterocycles. The summed E-state index contributed by atoms with van der Waals surface area (Å²) >= 11 is 3.47. The lowest BCUT2D eigenvalue weighted by Crippen LogP contribution is -2.16. The van der Waals surface area contributed by atoms with Gasteiger partial charge in [-0.2, -0.15) is 0 Å². The molecule has 2 aromatic heterocycles. The molecule has 2 heterocycles. The van der Waals surface area contributed by atoms with Crippen molar-refractivity contribution >= 4 is 36.9 Å². The summed E-state index contributed by atoms with van der Waals surface area (Å²) in [5, 5.41) is 0.868. The molecule has 0 unspecified atom stereocenters. The van der Waals surface area contributed by atoms with E-state index in [-0.39, 0.29) is 4.90 Å². The van der Waals surface area contributed by atoms with E-state index in [1.165, 1.54) is 3.97 Å². The van der Waals surface area contributed by atoms with Gasteiger partial charge in [-0.15, -0.1) is 0 Å². The summed E-state index contributed by atoms with van der Waals surface area (Å²) in [6.07, 6.45) is 2.23. The number of fused-ring (bicyclic) bond motifs is 1. The third kappa shape index (κ3) is 3.50. The summed E-state index contributed by atoms with van der Waals surface area (Å²) < 4.78 is 29.4. The van der Waals surface area contributed by atoms with E-state index in [2.05, 4.69) is 20.9 Å². The van der Waals surface area contributed by atoms with Gasteiger partial charge in [0.15, 0.2) is 0 Å². The first-order chi connectivity index (χ1) is 13.3. The van der Waals surface area contributed by atoms with Gasteiger partial charge in [0.1, 0.15) is 0 Å². The second kappa shape index (κ2) is 7.18. The van der Waals surface area contributed by atoms with Crippen LogP contribution in [0.5, 0.6) is 0 Å². The molecular weight excluding hydrogens is 436 g/mol. The van der Waals surface area contributed by atoms with Gasteiger partial charge in [0, 0.05) is 33.9 Å². The van der Waals surface area contributed by atoms with Crippen LogP contribution in [0.4, 0.5) is 0 Å². The number of halogens is 1. The topological polar surface area (TPSA) is 52.0 Å². The molecule has 0 fully saturated rings. The molecule has 4 nitrogen and oxygen atoms in total. The highest BCUT2D eigenvalue weighted by atomic mass is 79.9. The van der Waals surface area contributed by atoms with Gasteiger partial charge < -0.3 is 0 Å². The van der Waals surface area contributed by atoms with Gasteiger partial charge in [-0.25, -0.2) is 12.4 Å². The molecule has 6 heteroatoms. The quantitative estimate of drug-likeness (QED) is 0.423. The fourth-order valence-electron chi connectivity index (χ4n) is 3.23. The van der Waals surface area contributed by atoms with Crippen molar-refractivity contribution in [1.82, 2.24) is 8.96 Å². The Morgan fingerprint density at radius 2 is 1.64 bits per heavy atom. The first kappa shape index (κ1) is 18.9. The standard InChI is InChI=1S/C22H19BrN2O2S/c1-15-4-8-21(9-5-15)28(26,27)25-20(13-19-7-3-16(2)14-24-19)12-17-11-18(23)6-10-22(17)25/h3-12,14H,13H2,1-2H3. The van der Waals surface area contributed by atoms with Crippen LogP contribution in [0.1, 0.15) is 22.5 Å². The molecule has 0 N–H and O–H groups in total. The summed E-state index contributed by atoms with van der Waals surface area (Å²) in [6.45, 7) is 3.92. The van der Waals surface area contributed by atoms with Gasteiger partial charge >= 0.3 is 0 Å². The van der Waals surface area contributed by atoms with E-state index in [0.29, 0.717) is 17.6 Å². The minimum Gasteiger partial charge on any atom is -0.261 e. The normalized spacial score (nSPS) is 11.8. The van der Waals surface area contributed by atoms with E-state index >= 15 is 0 Å². The maximum Gasteiger partial charge on any atom is 0.268 e. The number of rotatable bonds is 4. The molecule has 0 aliphatic rings. The lowest BCUT2D eigenvalue weighted by Gasteiger charge is -2.12. The van der Waals surface area contributed by atoms with E-state index in [9.17, 15) is 8.42 Å². The van der Waals surface area contributed by atoms with Gasteiger partial charge in [0.05, 0.1) is 10.4 Å². The fourth-order valence-corrected chi connectivity index (χ4v) is 5.15. The largest absolute Gasteiger partial charge is 0.268 e. The predicted molar refractivity (Wildman–Crippen MR) is 115 cm³/mol. The van der Waals surface area contributed by atoms with Crippen LogP contribution in [0.2, 0.25) is 0 Å². The van der Waals surface area contributed by atoms with Crippen molar-refractivity contribution in [1.29, 1.82) is 0 Å². The smallest absolute Gasteiger partial charge is 0.261 e. The maximum absolute atomic E-state index is 13.5. The summed E-state index contributed by atoms with van der Waals surface area (Å²) in [5.74, 6) is 0. The van der Waals surface area contributed by atoms with Crippen LogP contribution in [-0.2, 0) is 16.4 Å². The Morgan fingerprint density at radius 3 is 2.32 bits per heavy atom. The van der Waals surface area contributed by atoms with Crippen molar-refractivity contribution in [2.45, 2.75) is 25.2 Å². The van der Waals surface area contributed by atoms with Gasteiger partial charge in [0.2, 0.25) is 0 Å². The second-order valence-corrected chi connectivity index (χ2v) is 9.63. The SMILES string of the molecule is Cc1ccc(S(=O)(=O)n2c(Cc3ccc(C)cn3)cc3cc(Br)ccc32)cc1. The van der Waals surface area contributed by atoms with Crippen molar-refractivity contribution in [2.75, 3.05) is 0 Å². The Balaban J connectivity index is 1.92. The first-order valence-electron chi connectivity index (χ1n) is 8.88. The molecule has 2 aromatic carbocycles. The molecule has 4 rings (SSSR count).